The van der Waals surface area contributed by atoms with Gasteiger partial charge in [-0.1, -0.05) is 0 Å². The van der Waals surface area contributed by atoms with Gasteiger partial charge in [0.1, 0.15) is 10.2 Å². The van der Waals surface area contributed by atoms with Crippen LogP contribution >= 0.6 is 15.9 Å². The molecule has 1 aromatic rings. The molecule has 1 heterocycles. The van der Waals surface area contributed by atoms with E-state index in [1.165, 1.54) is 12.4 Å². The van der Waals surface area contributed by atoms with Gasteiger partial charge in [0, 0.05) is 4.73 Å². The first-order valence-electron chi connectivity index (χ1n) is 6.46. The molecule has 1 N–H and O–H groups in total. The average Bonchev–Trinajstić information content (AvgIpc) is 2.37. The second kappa shape index (κ2) is 6.20. The van der Waals surface area contributed by atoms with Crippen molar-refractivity contribution in [3.8, 4) is 5.75 Å². The van der Waals surface area contributed by atoms with Crippen LogP contribution in [0.4, 0.5) is 13.2 Å². The van der Waals surface area contributed by atoms with E-state index >= 15 is 0 Å². The Bertz CT molecular complexity index is 459. The maximum absolute atomic E-state index is 12.5. The van der Waals surface area contributed by atoms with Crippen molar-refractivity contribution < 1.29 is 27.8 Å². The Kier molecular flexibility index (Phi) is 4.78. The fraction of sp³-hybridized carbons (Fsp3) is 0.615. The van der Waals surface area contributed by atoms with Gasteiger partial charge < -0.3 is 4.74 Å². The monoisotopic (exact) mass is 354 g/mol. The molecular formula is C13H16BrF3NO2+. The van der Waals surface area contributed by atoms with E-state index in [0.717, 1.165) is 4.73 Å². The number of aromatic nitrogens is 1. The van der Waals surface area contributed by atoms with Crippen molar-refractivity contribution in [2.24, 2.45) is 11.8 Å². The van der Waals surface area contributed by atoms with E-state index in [4.69, 9.17) is 4.74 Å². The molecule has 112 valence electrons. The smallest absolute Gasteiger partial charge is 0.391 e. The van der Waals surface area contributed by atoms with E-state index in [1.54, 1.807) is 6.07 Å². The van der Waals surface area contributed by atoms with Crippen molar-refractivity contribution in [3.05, 3.63) is 22.9 Å². The number of rotatable bonds is 3. The highest BCUT2D eigenvalue weighted by Crippen LogP contribution is 2.39. The van der Waals surface area contributed by atoms with E-state index in [1.807, 2.05) is 0 Å². The van der Waals surface area contributed by atoms with E-state index in [9.17, 15) is 18.4 Å². The van der Waals surface area contributed by atoms with Crippen LogP contribution in [0.2, 0.25) is 0 Å². The summed E-state index contributed by atoms with van der Waals surface area (Å²) in [7, 11) is 0. The zero-order chi connectivity index (χ0) is 14.8. The van der Waals surface area contributed by atoms with Crippen LogP contribution in [0.15, 0.2) is 22.9 Å². The molecule has 20 heavy (non-hydrogen) atoms. The lowest BCUT2D eigenvalue weighted by Crippen LogP contribution is -2.30. The van der Waals surface area contributed by atoms with Crippen LogP contribution in [0.3, 0.4) is 0 Å². The van der Waals surface area contributed by atoms with Gasteiger partial charge in [0.05, 0.1) is 18.6 Å². The Morgan fingerprint density at radius 1 is 1.30 bits per heavy atom. The molecule has 7 heteroatoms. The molecule has 1 fully saturated rings. The third-order valence-electron chi connectivity index (χ3n) is 3.64. The topological polar surface area (TPSA) is 33.3 Å². The minimum Gasteiger partial charge on any atom is -0.492 e. The van der Waals surface area contributed by atoms with Gasteiger partial charge in [-0.15, -0.1) is 0 Å². The van der Waals surface area contributed by atoms with Gasteiger partial charge in [-0.25, -0.2) is 0 Å². The molecule has 0 saturated heterocycles. The molecule has 0 spiro atoms. The summed E-state index contributed by atoms with van der Waals surface area (Å²) < 4.78 is 44.7. The molecule has 0 bridgehead atoms. The number of halogens is 4. The summed E-state index contributed by atoms with van der Waals surface area (Å²) in [5.74, 6) is -0.425. The Morgan fingerprint density at radius 2 is 1.95 bits per heavy atom. The van der Waals surface area contributed by atoms with Crippen molar-refractivity contribution in [2.75, 3.05) is 6.61 Å². The van der Waals surface area contributed by atoms with Crippen molar-refractivity contribution in [2.45, 2.75) is 31.9 Å². The van der Waals surface area contributed by atoms with Crippen LogP contribution in [-0.2, 0) is 0 Å². The quantitative estimate of drug-likeness (QED) is 0.662. The second-order valence-corrected chi connectivity index (χ2v) is 5.96. The Hall–Kier alpha value is -0.980. The molecule has 0 radical (unpaired) electrons. The molecule has 0 aliphatic heterocycles. The van der Waals surface area contributed by atoms with E-state index in [0.29, 0.717) is 29.7 Å². The molecule has 0 atom stereocenters. The van der Waals surface area contributed by atoms with Gasteiger partial charge in [0.25, 0.3) is 0 Å². The zero-order valence-electron chi connectivity index (χ0n) is 10.7. The molecule has 2 rings (SSSR count). The fourth-order valence-corrected chi connectivity index (χ4v) is 2.88. The predicted molar refractivity (Wildman–Crippen MR) is 68.5 cm³/mol. The molecule has 0 unspecified atom stereocenters. The highest BCUT2D eigenvalue weighted by molar-refractivity contribution is 9.10. The first kappa shape index (κ1) is 15.4. The highest BCUT2D eigenvalue weighted by atomic mass is 79.9. The van der Waals surface area contributed by atoms with E-state index in [-0.39, 0.29) is 18.8 Å². The number of pyridine rings is 1. The summed E-state index contributed by atoms with van der Waals surface area (Å²) in [6.07, 6.45) is 0.247. The summed E-state index contributed by atoms with van der Waals surface area (Å²) in [6.45, 7) is 0.401. The standard InChI is InChI=1S/C13H16BrF3NO2/c14-11-7-18(19)6-5-12(11)20-8-9-1-3-10(4-2-9)13(15,16)17/h5-7,9-10,19H,1-4,8H2/q+1. The predicted octanol–water partition coefficient (Wildman–Crippen LogP) is 3.72. The highest BCUT2D eigenvalue weighted by Gasteiger charge is 2.41. The van der Waals surface area contributed by atoms with E-state index < -0.39 is 12.1 Å². The van der Waals surface area contributed by atoms with E-state index in [2.05, 4.69) is 15.9 Å². The molecule has 1 aromatic heterocycles. The van der Waals surface area contributed by atoms with Crippen molar-refractivity contribution in [3.63, 3.8) is 0 Å². The lowest BCUT2D eigenvalue weighted by molar-refractivity contribution is -0.905. The maximum Gasteiger partial charge on any atom is 0.391 e. The number of hydrogen-bond donors (Lipinski definition) is 1. The van der Waals surface area contributed by atoms with Crippen molar-refractivity contribution in [1.29, 1.82) is 0 Å². The molecule has 0 amide bonds. The number of nitrogens with zero attached hydrogens (tertiary/aromatic N) is 1. The maximum atomic E-state index is 12.5. The van der Waals surface area contributed by atoms with Gasteiger partial charge in [-0.2, -0.15) is 13.2 Å². The molecule has 3 nitrogen and oxygen atoms in total. The number of ether oxygens (including phenoxy) is 1. The fourth-order valence-electron chi connectivity index (χ4n) is 2.43. The minimum absolute atomic E-state index is 0.155. The third kappa shape index (κ3) is 4.01. The first-order valence-corrected chi connectivity index (χ1v) is 7.25. The third-order valence-corrected chi connectivity index (χ3v) is 4.24. The summed E-state index contributed by atoms with van der Waals surface area (Å²) in [5, 5.41) is 9.18. The zero-order valence-corrected chi connectivity index (χ0v) is 12.3. The van der Waals surface area contributed by atoms with Gasteiger partial charge in [-0.3, -0.25) is 5.21 Å². The summed E-state index contributed by atoms with van der Waals surface area (Å²) >= 11 is 3.25. The second-order valence-electron chi connectivity index (χ2n) is 5.11. The Labute approximate surface area is 123 Å². The summed E-state index contributed by atoms with van der Waals surface area (Å²) in [5.41, 5.74) is 0. The largest absolute Gasteiger partial charge is 0.492 e. The van der Waals surface area contributed by atoms with Gasteiger partial charge >= 0.3 is 6.18 Å². The lowest BCUT2D eigenvalue weighted by Gasteiger charge is -2.29. The van der Waals surface area contributed by atoms with Gasteiger partial charge in [0.15, 0.2) is 0 Å². The number of hydrogen-bond acceptors (Lipinski definition) is 2. The Morgan fingerprint density at radius 3 is 2.50 bits per heavy atom. The summed E-state index contributed by atoms with van der Waals surface area (Å²) in [4.78, 5) is 0. The Balaban J connectivity index is 1.82. The molecule has 1 saturated carbocycles. The lowest BCUT2D eigenvalue weighted by atomic mass is 9.82. The van der Waals surface area contributed by atoms with Crippen molar-refractivity contribution in [1.82, 2.24) is 0 Å². The summed E-state index contributed by atoms with van der Waals surface area (Å²) in [6, 6.07) is 1.60. The number of alkyl halides is 3. The molecule has 0 aromatic carbocycles. The minimum atomic E-state index is -4.07. The SMILES string of the molecule is O[n+]1ccc(OCC2CCC(C(F)(F)F)CC2)c(Br)c1. The van der Waals surface area contributed by atoms with Crippen LogP contribution in [0, 0.1) is 11.8 Å². The van der Waals surface area contributed by atoms with Crippen LogP contribution in [-0.4, -0.2) is 18.0 Å². The molecular weight excluding hydrogens is 339 g/mol. The first-order chi connectivity index (χ1) is 9.36. The van der Waals surface area contributed by atoms with Crippen LogP contribution < -0.4 is 9.47 Å². The van der Waals surface area contributed by atoms with Crippen LogP contribution in [0.5, 0.6) is 5.75 Å². The van der Waals surface area contributed by atoms with Crippen LogP contribution in [0.1, 0.15) is 25.7 Å². The van der Waals surface area contributed by atoms with Gasteiger partial charge in [0.2, 0.25) is 12.4 Å². The van der Waals surface area contributed by atoms with Crippen molar-refractivity contribution >= 4 is 15.9 Å². The average molecular weight is 355 g/mol. The van der Waals surface area contributed by atoms with Crippen LogP contribution in [0.25, 0.3) is 0 Å². The normalized spacial score (nSPS) is 23.6. The molecule has 1 aliphatic carbocycles. The van der Waals surface area contributed by atoms with Gasteiger partial charge in [-0.05, 0) is 47.5 Å². The molecule has 1 aliphatic rings.